The molecule has 5 aromatic rings. The first-order chi connectivity index (χ1) is 16.2. The van der Waals surface area contributed by atoms with Crippen LogP contribution < -0.4 is 0 Å². The van der Waals surface area contributed by atoms with Gasteiger partial charge in [0.2, 0.25) is 0 Å². The van der Waals surface area contributed by atoms with Crippen molar-refractivity contribution >= 4 is 17.4 Å². The number of nitrogens with zero attached hydrogens (tertiary/aromatic N) is 3. The van der Waals surface area contributed by atoms with Gasteiger partial charge < -0.3 is 0 Å². The van der Waals surface area contributed by atoms with Crippen molar-refractivity contribution in [1.82, 2.24) is 14.8 Å². The van der Waals surface area contributed by atoms with Crippen LogP contribution >= 0.6 is 11.6 Å². The molecule has 0 aliphatic heterocycles. The maximum Gasteiger partial charge on any atom is 0.199 e. The summed E-state index contributed by atoms with van der Waals surface area (Å²) in [4.78, 5) is 18.4. The van der Waals surface area contributed by atoms with Crippen LogP contribution in [-0.4, -0.2) is 20.5 Å². The lowest BCUT2D eigenvalue weighted by Crippen LogP contribution is -2.44. The molecular formula is C28H20ClN3O. The molecule has 5 rings (SSSR count). The van der Waals surface area contributed by atoms with Gasteiger partial charge in [0, 0.05) is 10.6 Å². The molecule has 0 saturated heterocycles. The van der Waals surface area contributed by atoms with Crippen LogP contribution in [0.2, 0.25) is 5.02 Å². The van der Waals surface area contributed by atoms with Gasteiger partial charge >= 0.3 is 0 Å². The van der Waals surface area contributed by atoms with Crippen molar-refractivity contribution < 1.29 is 4.79 Å². The minimum absolute atomic E-state index is 0.0842. The largest absolute Gasteiger partial charge is 0.291 e. The van der Waals surface area contributed by atoms with Gasteiger partial charge in [-0.3, -0.25) is 4.79 Å². The van der Waals surface area contributed by atoms with Crippen LogP contribution in [0.1, 0.15) is 21.5 Å². The fourth-order valence-corrected chi connectivity index (χ4v) is 4.33. The Labute approximate surface area is 197 Å². The van der Waals surface area contributed by atoms with Crippen molar-refractivity contribution in [3.8, 4) is 11.1 Å². The van der Waals surface area contributed by atoms with Gasteiger partial charge in [-0.05, 0) is 34.4 Å². The van der Waals surface area contributed by atoms with E-state index in [1.54, 1.807) is 11.0 Å². The Morgan fingerprint density at radius 2 is 1.24 bits per heavy atom. The number of halogens is 1. The third kappa shape index (κ3) is 3.75. The van der Waals surface area contributed by atoms with E-state index in [9.17, 15) is 4.79 Å². The summed E-state index contributed by atoms with van der Waals surface area (Å²) in [7, 11) is 0. The molecule has 0 radical (unpaired) electrons. The number of Topliss-reactive ketones (excluding diaryl/α,β-unsaturated/α-hetero) is 1. The Kier molecular flexibility index (Phi) is 5.59. The second-order valence-electron chi connectivity index (χ2n) is 7.70. The molecular weight excluding hydrogens is 430 g/mol. The van der Waals surface area contributed by atoms with Crippen LogP contribution in [0.15, 0.2) is 122 Å². The van der Waals surface area contributed by atoms with E-state index < -0.39 is 5.54 Å². The number of hydrogen-bond acceptors (Lipinski definition) is 3. The van der Waals surface area contributed by atoms with Gasteiger partial charge in [0.15, 0.2) is 11.3 Å². The first-order valence-electron chi connectivity index (χ1n) is 10.6. The summed E-state index contributed by atoms with van der Waals surface area (Å²) in [5.74, 6) is -0.0842. The molecule has 0 fully saturated rings. The Hall–Kier alpha value is -4.02. The highest BCUT2D eigenvalue weighted by Crippen LogP contribution is 2.38. The van der Waals surface area contributed by atoms with Gasteiger partial charge in [0.25, 0.3) is 0 Å². The molecule has 0 bridgehead atoms. The van der Waals surface area contributed by atoms with Gasteiger partial charge in [-0.1, -0.05) is 109 Å². The number of carbonyl (C=O) groups excluding carboxylic acids is 1. The summed E-state index contributed by atoms with van der Waals surface area (Å²) in [5.41, 5.74) is 3.07. The van der Waals surface area contributed by atoms with Gasteiger partial charge in [-0.25, -0.2) is 9.67 Å². The Balaban J connectivity index is 1.73. The first kappa shape index (κ1) is 20.9. The maximum atomic E-state index is 14.3. The number of hydrogen-bond donors (Lipinski definition) is 0. The molecule has 5 heteroatoms. The van der Waals surface area contributed by atoms with Crippen molar-refractivity contribution in [2.45, 2.75) is 5.54 Å². The van der Waals surface area contributed by atoms with Gasteiger partial charge in [-0.15, -0.1) is 0 Å². The normalized spacial score (nSPS) is 12.8. The highest BCUT2D eigenvalue weighted by Gasteiger charge is 2.45. The Morgan fingerprint density at radius 3 is 1.82 bits per heavy atom. The Morgan fingerprint density at radius 1 is 0.697 bits per heavy atom. The molecule has 4 aromatic carbocycles. The lowest BCUT2D eigenvalue weighted by Gasteiger charge is -2.34. The van der Waals surface area contributed by atoms with E-state index in [1.807, 2.05) is 109 Å². The zero-order valence-corrected chi connectivity index (χ0v) is 18.4. The molecule has 1 aromatic heterocycles. The van der Waals surface area contributed by atoms with Crippen LogP contribution in [-0.2, 0) is 5.54 Å². The molecule has 0 amide bonds. The van der Waals surface area contributed by atoms with Crippen molar-refractivity contribution in [2.75, 3.05) is 0 Å². The van der Waals surface area contributed by atoms with E-state index >= 15 is 0 Å². The smallest absolute Gasteiger partial charge is 0.199 e. The summed E-state index contributed by atoms with van der Waals surface area (Å²) in [6.45, 7) is 0. The summed E-state index contributed by atoms with van der Waals surface area (Å²) >= 11 is 6.05. The molecule has 160 valence electrons. The molecule has 4 nitrogen and oxygen atoms in total. The first-order valence-corrected chi connectivity index (χ1v) is 10.9. The van der Waals surface area contributed by atoms with Gasteiger partial charge in [0.1, 0.15) is 12.7 Å². The number of ketones is 1. The highest BCUT2D eigenvalue weighted by molar-refractivity contribution is 6.30. The predicted octanol–water partition coefficient (Wildman–Crippen LogP) is 6.27. The molecule has 1 unspecified atom stereocenters. The lowest BCUT2D eigenvalue weighted by molar-refractivity contribution is 0.0878. The second-order valence-corrected chi connectivity index (χ2v) is 8.13. The van der Waals surface area contributed by atoms with E-state index in [2.05, 4.69) is 10.1 Å². The minimum atomic E-state index is -1.21. The Bertz CT molecular complexity index is 1350. The molecule has 33 heavy (non-hydrogen) atoms. The molecule has 0 aliphatic rings. The fourth-order valence-electron chi connectivity index (χ4n) is 4.20. The van der Waals surface area contributed by atoms with Gasteiger partial charge in [-0.2, -0.15) is 5.10 Å². The van der Waals surface area contributed by atoms with E-state index in [0.717, 1.165) is 22.3 Å². The number of rotatable bonds is 6. The minimum Gasteiger partial charge on any atom is -0.291 e. The van der Waals surface area contributed by atoms with Crippen molar-refractivity contribution in [3.63, 3.8) is 0 Å². The summed E-state index contributed by atoms with van der Waals surface area (Å²) in [6.07, 6.45) is 3.05. The molecule has 1 heterocycles. The van der Waals surface area contributed by atoms with Crippen LogP contribution in [0.4, 0.5) is 0 Å². The van der Waals surface area contributed by atoms with Crippen LogP contribution in [0.3, 0.4) is 0 Å². The average Bonchev–Trinajstić information content (AvgIpc) is 3.42. The van der Waals surface area contributed by atoms with E-state index in [4.69, 9.17) is 11.6 Å². The third-order valence-electron chi connectivity index (χ3n) is 5.80. The van der Waals surface area contributed by atoms with Crippen molar-refractivity contribution in [1.29, 1.82) is 0 Å². The summed E-state index contributed by atoms with van der Waals surface area (Å²) < 4.78 is 1.65. The number of aromatic nitrogens is 3. The van der Waals surface area contributed by atoms with E-state index in [1.165, 1.54) is 6.33 Å². The van der Waals surface area contributed by atoms with Crippen LogP contribution in [0, 0.1) is 0 Å². The second kappa shape index (κ2) is 8.85. The van der Waals surface area contributed by atoms with Crippen molar-refractivity contribution in [2.24, 2.45) is 0 Å². The number of benzene rings is 4. The fraction of sp³-hybridized carbons (Fsp3) is 0.0357. The molecule has 0 spiro atoms. The topological polar surface area (TPSA) is 47.8 Å². The SMILES string of the molecule is O=C(c1ccccc1)C(c1ccccc1)(c1ccc(-c2ccc(Cl)cc2)cc1)n1cncn1. The standard InChI is InChI=1S/C28H20ClN3O/c29-26-17-13-22(14-18-26)21-11-15-25(16-12-21)28(32-20-30-19-31-32,24-9-5-2-6-10-24)27(33)23-7-3-1-4-8-23/h1-20H. The molecule has 0 aliphatic carbocycles. The predicted molar refractivity (Wildman–Crippen MR) is 130 cm³/mol. The van der Waals surface area contributed by atoms with Gasteiger partial charge in [0.05, 0.1) is 0 Å². The van der Waals surface area contributed by atoms with E-state index in [-0.39, 0.29) is 5.78 Å². The van der Waals surface area contributed by atoms with Crippen LogP contribution in [0.5, 0.6) is 0 Å². The molecule has 0 saturated carbocycles. The monoisotopic (exact) mass is 449 g/mol. The molecule has 1 atom stereocenters. The third-order valence-corrected chi connectivity index (χ3v) is 6.05. The summed E-state index contributed by atoms with van der Waals surface area (Å²) in [6, 6.07) is 34.7. The molecule has 0 N–H and O–H groups in total. The maximum absolute atomic E-state index is 14.3. The zero-order chi connectivity index (χ0) is 22.7. The lowest BCUT2D eigenvalue weighted by atomic mass is 9.76. The highest BCUT2D eigenvalue weighted by atomic mass is 35.5. The van der Waals surface area contributed by atoms with E-state index in [0.29, 0.717) is 10.6 Å². The van der Waals surface area contributed by atoms with Crippen molar-refractivity contribution in [3.05, 3.63) is 144 Å². The zero-order valence-electron chi connectivity index (χ0n) is 17.7. The summed E-state index contributed by atoms with van der Waals surface area (Å²) in [5, 5.41) is 5.14. The quantitative estimate of drug-likeness (QED) is 0.287. The number of carbonyl (C=O) groups is 1. The van der Waals surface area contributed by atoms with Crippen LogP contribution in [0.25, 0.3) is 11.1 Å². The average molecular weight is 450 g/mol.